The zero-order valence-corrected chi connectivity index (χ0v) is 16.9. The number of amides is 1. The largest absolute Gasteiger partial charge is 0.369 e. The molecular formula is C22H23N7O. The van der Waals surface area contributed by atoms with Crippen LogP contribution in [0.4, 0.5) is 0 Å². The zero-order valence-electron chi connectivity index (χ0n) is 16.9. The number of fused-ring (bicyclic) bond motifs is 2. The third-order valence-electron chi connectivity index (χ3n) is 4.98. The molecule has 0 fully saturated rings. The van der Waals surface area contributed by atoms with E-state index in [0.29, 0.717) is 11.4 Å². The van der Waals surface area contributed by atoms with E-state index in [0.717, 1.165) is 52.0 Å². The summed E-state index contributed by atoms with van der Waals surface area (Å²) in [6.07, 6.45) is 3.56. The Kier molecular flexibility index (Phi) is 5.05. The summed E-state index contributed by atoms with van der Waals surface area (Å²) in [6.45, 7) is 3.80. The Bertz CT molecular complexity index is 1230. The van der Waals surface area contributed by atoms with Crippen LogP contribution in [0.5, 0.6) is 0 Å². The molecule has 2 aromatic heterocycles. The van der Waals surface area contributed by atoms with Gasteiger partial charge >= 0.3 is 0 Å². The van der Waals surface area contributed by atoms with Gasteiger partial charge in [-0.25, -0.2) is 0 Å². The van der Waals surface area contributed by atoms with Gasteiger partial charge in [-0.15, -0.1) is 5.10 Å². The molecule has 152 valence electrons. The van der Waals surface area contributed by atoms with Gasteiger partial charge in [0.1, 0.15) is 5.69 Å². The number of aromatic nitrogens is 2. The van der Waals surface area contributed by atoms with Gasteiger partial charge in [-0.1, -0.05) is 12.1 Å². The lowest BCUT2D eigenvalue weighted by atomic mass is 10.00. The molecule has 4 rings (SSSR count). The maximum absolute atomic E-state index is 12.8. The summed E-state index contributed by atoms with van der Waals surface area (Å²) in [5, 5.41) is 11.6. The molecule has 0 saturated heterocycles. The van der Waals surface area contributed by atoms with Gasteiger partial charge in [0.15, 0.2) is 0 Å². The van der Waals surface area contributed by atoms with Crippen molar-refractivity contribution in [1.82, 2.24) is 15.3 Å². The van der Waals surface area contributed by atoms with Gasteiger partial charge in [0.05, 0.1) is 5.71 Å². The highest BCUT2D eigenvalue weighted by molar-refractivity contribution is 6.04. The Hall–Kier alpha value is -3.94. The summed E-state index contributed by atoms with van der Waals surface area (Å²) in [7, 11) is 0. The van der Waals surface area contributed by atoms with E-state index in [4.69, 9.17) is 11.5 Å². The number of pyridine rings is 1. The molecular weight excluding hydrogens is 378 g/mol. The van der Waals surface area contributed by atoms with E-state index in [9.17, 15) is 4.79 Å². The normalized spacial score (nSPS) is 13.5. The number of aromatic amines is 1. The minimum absolute atomic E-state index is 0.0958. The Morgan fingerprint density at radius 1 is 1.13 bits per heavy atom. The fourth-order valence-electron chi connectivity index (χ4n) is 3.45. The van der Waals surface area contributed by atoms with E-state index in [2.05, 4.69) is 25.5 Å². The van der Waals surface area contributed by atoms with Crippen LogP contribution in [-0.4, -0.2) is 27.5 Å². The van der Waals surface area contributed by atoms with E-state index in [1.807, 2.05) is 56.3 Å². The molecule has 0 radical (unpaired) electrons. The summed E-state index contributed by atoms with van der Waals surface area (Å²) in [5.41, 5.74) is 17.6. The van der Waals surface area contributed by atoms with Gasteiger partial charge in [0, 0.05) is 28.0 Å². The highest BCUT2D eigenvalue weighted by Gasteiger charge is 2.16. The van der Waals surface area contributed by atoms with E-state index >= 15 is 0 Å². The molecule has 1 aromatic carbocycles. The molecule has 0 unspecified atom stereocenters. The number of nitrogens with two attached hydrogens (primary N) is 2. The van der Waals surface area contributed by atoms with Gasteiger partial charge in [-0.3, -0.25) is 9.78 Å². The van der Waals surface area contributed by atoms with Gasteiger partial charge in [0.25, 0.3) is 5.91 Å². The number of nitrogens with zero attached hydrogens (tertiary/aromatic N) is 3. The second kappa shape index (κ2) is 7.82. The van der Waals surface area contributed by atoms with Crippen LogP contribution in [0.25, 0.3) is 17.0 Å². The second-order valence-electron chi connectivity index (χ2n) is 7.31. The van der Waals surface area contributed by atoms with Crippen molar-refractivity contribution in [3.63, 3.8) is 0 Å². The predicted molar refractivity (Wildman–Crippen MR) is 119 cm³/mol. The van der Waals surface area contributed by atoms with E-state index in [1.165, 1.54) is 0 Å². The molecule has 6 N–H and O–H groups in total. The van der Waals surface area contributed by atoms with Crippen LogP contribution in [0.2, 0.25) is 0 Å². The predicted octanol–water partition coefficient (Wildman–Crippen LogP) is 2.59. The summed E-state index contributed by atoms with van der Waals surface area (Å²) < 4.78 is 0. The van der Waals surface area contributed by atoms with Gasteiger partial charge < -0.3 is 21.8 Å². The van der Waals surface area contributed by atoms with Crippen molar-refractivity contribution in [2.45, 2.75) is 26.7 Å². The van der Waals surface area contributed by atoms with Crippen LogP contribution < -0.4 is 16.8 Å². The lowest BCUT2D eigenvalue weighted by Gasteiger charge is -2.16. The standard InChI is InChI=1S/C22H23N7O/c1-12-3-4-15-10-17(6-8-18(15)25-12)26-21(30)20-11-16-9-14(5-7-19(16)27-20)13(2)28-29-22(23)24/h3-5,7,9-11,27H,6,8H2,1-2H3,(H,26,30)(H4,23,24,29)/b28-13+. The SMILES string of the molecule is C/C(=N\N=C(N)N)c1ccc2[nH]c(C(=O)NC3=Cc4ccc(C)nc4CC3)cc2c1. The molecule has 0 spiro atoms. The molecule has 1 aliphatic rings. The van der Waals surface area contributed by atoms with E-state index < -0.39 is 0 Å². The first-order chi connectivity index (χ1) is 14.4. The fraction of sp³-hybridized carbons (Fsp3) is 0.182. The number of nitrogens with one attached hydrogen (secondary N) is 2. The number of guanidine groups is 1. The molecule has 2 heterocycles. The molecule has 1 amide bonds. The number of carbonyl (C=O) groups excluding carboxylic acids is 1. The lowest BCUT2D eigenvalue weighted by Crippen LogP contribution is -2.24. The van der Waals surface area contributed by atoms with Crippen molar-refractivity contribution in [2.24, 2.45) is 21.7 Å². The topological polar surface area (TPSA) is 135 Å². The first-order valence-corrected chi connectivity index (χ1v) is 9.64. The first-order valence-electron chi connectivity index (χ1n) is 9.64. The molecule has 3 aromatic rings. The zero-order chi connectivity index (χ0) is 21.3. The first kappa shape index (κ1) is 19.4. The molecule has 30 heavy (non-hydrogen) atoms. The van der Waals surface area contributed by atoms with Crippen LogP contribution in [0.15, 0.2) is 52.3 Å². The van der Waals surface area contributed by atoms with Gasteiger partial charge in [-0.2, -0.15) is 5.10 Å². The molecule has 0 saturated carbocycles. The Balaban J connectivity index is 1.55. The van der Waals surface area contributed by atoms with Crippen molar-refractivity contribution in [3.8, 4) is 0 Å². The number of H-pyrrole nitrogens is 1. The molecule has 0 bridgehead atoms. The summed E-state index contributed by atoms with van der Waals surface area (Å²) in [5.74, 6) is -0.269. The van der Waals surface area contributed by atoms with Crippen molar-refractivity contribution < 1.29 is 4.79 Å². The van der Waals surface area contributed by atoms with Crippen molar-refractivity contribution >= 4 is 34.6 Å². The van der Waals surface area contributed by atoms with Crippen LogP contribution in [0.1, 0.15) is 46.3 Å². The van der Waals surface area contributed by atoms with Gasteiger partial charge in [-0.05, 0) is 68.2 Å². The van der Waals surface area contributed by atoms with E-state index in [-0.39, 0.29) is 11.9 Å². The third-order valence-corrected chi connectivity index (χ3v) is 4.98. The number of allylic oxidation sites excluding steroid dienone is 1. The molecule has 0 atom stereocenters. The highest BCUT2D eigenvalue weighted by atomic mass is 16.1. The number of hydrogen-bond acceptors (Lipinski definition) is 4. The average Bonchev–Trinajstić information content (AvgIpc) is 3.15. The number of rotatable bonds is 4. The lowest BCUT2D eigenvalue weighted by molar-refractivity contribution is 0.0960. The number of hydrogen-bond donors (Lipinski definition) is 4. The third kappa shape index (κ3) is 4.07. The minimum Gasteiger partial charge on any atom is -0.369 e. The van der Waals surface area contributed by atoms with Gasteiger partial charge in [0.2, 0.25) is 5.96 Å². The number of carbonyl (C=O) groups is 1. The second-order valence-corrected chi connectivity index (χ2v) is 7.31. The highest BCUT2D eigenvalue weighted by Crippen LogP contribution is 2.22. The number of aryl methyl sites for hydroxylation is 2. The molecule has 0 aliphatic heterocycles. The Morgan fingerprint density at radius 3 is 2.77 bits per heavy atom. The number of benzene rings is 1. The molecule has 8 nitrogen and oxygen atoms in total. The summed E-state index contributed by atoms with van der Waals surface area (Å²) in [4.78, 5) is 20.5. The van der Waals surface area contributed by atoms with Crippen LogP contribution in [0.3, 0.4) is 0 Å². The van der Waals surface area contributed by atoms with Crippen molar-refractivity contribution in [2.75, 3.05) is 0 Å². The van der Waals surface area contributed by atoms with E-state index in [1.54, 1.807) is 0 Å². The average molecular weight is 401 g/mol. The Labute approximate surface area is 173 Å². The Morgan fingerprint density at radius 2 is 1.97 bits per heavy atom. The summed E-state index contributed by atoms with van der Waals surface area (Å²) >= 11 is 0. The maximum Gasteiger partial charge on any atom is 0.271 e. The van der Waals surface area contributed by atoms with Crippen molar-refractivity contribution in [1.29, 1.82) is 0 Å². The quantitative estimate of drug-likeness (QED) is 0.304. The van der Waals surface area contributed by atoms with Crippen LogP contribution in [0, 0.1) is 6.92 Å². The van der Waals surface area contributed by atoms with Crippen LogP contribution in [-0.2, 0) is 6.42 Å². The smallest absolute Gasteiger partial charge is 0.271 e. The monoisotopic (exact) mass is 401 g/mol. The molecule has 1 aliphatic carbocycles. The molecule has 8 heteroatoms. The van der Waals surface area contributed by atoms with Crippen LogP contribution >= 0.6 is 0 Å². The fourth-order valence-corrected chi connectivity index (χ4v) is 3.45. The van der Waals surface area contributed by atoms with Crippen molar-refractivity contribution in [3.05, 3.63) is 70.3 Å². The maximum atomic E-state index is 12.8. The summed E-state index contributed by atoms with van der Waals surface area (Å²) in [6, 6.07) is 11.6. The minimum atomic E-state index is -0.173.